The third-order valence-corrected chi connectivity index (χ3v) is 6.57. The van der Waals surface area contributed by atoms with Gasteiger partial charge in [-0.1, -0.05) is 12.8 Å². The van der Waals surface area contributed by atoms with E-state index in [0.29, 0.717) is 40.1 Å². The van der Waals surface area contributed by atoms with E-state index in [1.165, 1.54) is 0 Å². The predicted octanol–water partition coefficient (Wildman–Crippen LogP) is 2.92. The molecule has 5 rings (SSSR count). The standard InChI is InChI=1S/C26H28N6O3/c1-14-9-18(14)25(33)30-22-11-19-16(12-29-24(27-4)23(19)32-31-22)5-7-17-10-15-6-8-21(26(2,3)34)35-20(15)13-28-17/h10-14,18,21,34H,6,8-9H2,1-4H3,(H,27,29)(H,30,31,33)/t14-,18+,21-/m1/s1. The minimum Gasteiger partial charge on any atom is -0.486 e. The summed E-state index contributed by atoms with van der Waals surface area (Å²) in [5, 5.41) is 25.3. The number of carbonyl (C=O) groups excluding carboxylic acids is 1. The third kappa shape index (κ3) is 4.75. The number of nitrogens with one attached hydrogen (secondary N) is 2. The van der Waals surface area contributed by atoms with Crippen molar-refractivity contribution in [2.75, 3.05) is 17.7 Å². The fourth-order valence-corrected chi connectivity index (χ4v) is 4.26. The van der Waals surface area contributed by atoms with Crippen LogP contribution in [0.4, 0.5) is 11.6 Å². The number of amides is 1. The van der Waals surface area contributed by atoms with E-state index in [-0.39, 0.29) is 17.9 Å². The first kappa shape index (κ1) is 23.0. The van der Waals surface area contributed by atoms with Crippen molar-refractivity contribution >= 4 is 28.4 Å². The maximum Gasteiger partial charge on any atom is 0.228 e. The lowest BCUT2D eigenvalue weighted by molar-refractivity contribution is -0.117. The van der Waals surface area contributed by atoms with Gasteiger partial charge in [-0.3, -0.25) is 4.79 Å². The van der Waals surface area contributed by atoms with Crippen molar-refractivity contribution in [3.8, 4) is 17.6 Å². The summed E-state index contributed by atoms with van der Waals surface area (Å²) in [7, 11) is 1.76. The Kier molecular flexibility index (Phi) is 5.77. The number of ether oxygens (including phenoxy) is 1. The maximum atomic E-state index is 12.4. The Morgan fingerprint density at radius 1 is 1.20 bits per heavy atom. The number of carbonyl (C=O) groups is 1. The van der Waals surface area contributed by atoms with Crippen LogP contribution in [0.1, 0.15) is 50.4 Å². The fraction of sp³-hybridized carbons (Fsp3) is 0.423. The van der Waals surface area contributed by atoms with Crippen LogP contribution in [0, 0.1) is 23.7 Å². The molecule has 35 heavy (non-hydrogen) atoms. The summed E-state index contributed by atoms with van der Waals surface area (Å²) in [5.74, 6) is 8.33. The molecule has 9 heteroatoms. The van der Waals surface area contributed by atoms with Crippen molar-refractivity contribution in [1.29, 1.82) is 0 Å². The Hall–Kier alpha value is -3.77. The van der Waals surface area contributed by atoms with E-state index in [2.05, 4.69) is 49.6 Å². The molecule has 1 fully saturated rings. The Morgan fingerprint density at radius 3 is 2.71 bits per heavy atom. The van der Waals surface area contributed by atoms with Crippen LogP contribution in [-0.2, 0) is 11.2 Å². The average molecular weight is 473 g/mol. The second kappa shape index (κ2) is 8.78. The second-order valence-corrected chi connectivity index (χ2v) is 9.80. The molecular weight excluding hydrogens is 444 g/mol. The summed E-state index contributed by atoms with van der Waals surface area (Å²) in [6.45, 7) is 5.56. The lowest BCUT2D eigenvalue weighted by Crippen LogP contribution is -2.42. The first-order valence-electron chi connectivity index (χ1n) is 11.8. The van der Waals surface area contributed by atoms with Crippen LogP contribution in [0.15, 0.2) is 24.5 Å². The zero-order valence-corrected chi connectivity index (χ0v) is 20.2. The van der Waals surface area contributed by atoms with Gasteiger partial charge in [-0.2, -0.15) is 0 Å². The van der Waals surface area contributed by atoms with Gasteiger partial charge in [0.1, 0.15) is 23.1 Å². The number of aryl methyl sites for hydroxylation is 1. The van der Waals surface area contributed by atoms with Crippen molar-refractivity contribution in [2.24, 2.45) is 11.8 Å². The molecule has 0 aromatic carbocycles. The molecule has 4 heterocycles. The molecule has 9 nitrogen and oxygen atoms in total. The summed E-state index contributed by atoms with van der Waals surface area (Å²) in [5.41, 5.74) is 1.94. The maximum absolute atomic E-state index is 12.4. The highest BCUT2D eigenvalue weighted by Crippen LogP contribution is 2.38. The molecule has 1 aliphatic carbocycles. The van der Waals surface area contributed by atoms with Crippen molar-refractivity contribution in [1.82, 2.24) is 20.2 Å². The first-order chi connectivity index (χ1) is 16.7. The largest absolute Gasteiger partial charge is 0.486 e. The molecule has 3 N–H and O–H groups in total. The number of anilines is 2. The summed E-state index contributed by atoms with van der Waals surface area (Å²) < 4.78 is 5.94. The molecule has 1 aliphatic heterocycles. The minimum atomic E-state index is -0.915. The van der Waals surface area contributed by atoms with E-state index in [1.807, 2.05) is 6.07 Å². The van der Waals surface area contributed by atoms with Gasteiger partial charge >= 0.3 is 0 Å². The normalized spacial score (nSPS) is 20.8. The molecular formula is C26H28N6O3. The topological polar surface area (TPSA) is 122 Å². The minimum absolute atomic E-state index is 0.0333. The number of hydrogen-bond acceptors (Lipinski definition) is 8. The number of hydrogen-bond donors (Lipinski definition) is 3. The van der Waals surface area contributed by atoms with Crippen molar-refractivity contribution < 1.29 is 14.6 Å². The first-order valence-corrected chi connectivity index (χ1v) is 11.8. The van der Waals surface area contributed by atoms with Gasteiger partial charge in [-0.05, 0) is 62.6 Å². The van der Waals surface area contributed by atoms with Gasteiger partial charge in [0.2, 0.25) is 5.91 Å². The summed E-state index contributed by atoms with van der Waals surface area (Å²) >= 11 is 0. The van der Waals surface area contributed by atoms with Crippen LogP contribution in [0.3, 0.4) is 0 Å². The van der Waals surface area contributed by atoms with Crippen LogP contribution in [0.25, 0.3) is 10.9 Å². The molecule has 0 bridgehead atoms. The SMILES string of the molecule is CNc1ncc(C#Cc2cc3c(cn2)O[C@@H](C(C)(C)O)CC3)c2cc(NC(=O)[C@H]3C[C@H]3C)nnc12. The third-order valence-electron chi connectivity index (χ3n) is 6.57. The van der Waals surface area contributed by atoms with Gasteiger partial charge in [0.05, 0.1) is 17.4 Å². The van der Waals surface area contributed by atoms with Crippen LogP contribution in [0.5, 0.6) is 5.75 Å². The zero-order valence-electron chi connectivity index (χ0n) is 20.2. The summed E-state index contributed by atoms with van der Waals surface area (Å²) in [6.07, 6.45) is 5.47. The lowest BCUT2D eigenvalue weighted by atomic mass is 9.92. The number of pyridine rings is 2. The molecule has 3 aromatic rings. The average Bonchev–Trinajstić information content (AvgIpc) is 3.58. The van der Waals surface area contributed by atoms with E-state index in [4.69, 9.17) is 4.74 Å². The van der Waals surface area contributed by atoms with Crippen LogP contribution >= 0.6 is 0 Å². The van der Waals surface area contributed by atoms with Crippen LogP contribution < -0.4 is 15.4 Å². The second-order valence-electron chi connectivity index (χ2n) is 9.80. The van der Waals surface area contributed by atoms with E-state index in [0.717, 1.165) is 30.2 Å². The van der Waals surface area contributed by atoms with E-state index < -0.39 is 5.60 Å². The summed E-state index contributed by atoms with van der Waals surface area (Å²) in [6, 6.07) is 3.70. The van der Waals surface area contributed by atoms with Gasteiger partial charge in [0.15, 0.2) is 11.6 Å². The molecule has 0 unspecified atom stereocenters. The highest BCUT2D eigenvalue weighted by molar-refractivity contribution is 5.97. The molecule has 0 saturated heterocycles. The molecule has 0 spiro atoms. The Bertz CT molecular complexity index is 1370. The molecule has 3 atom stereocenters. The number of aromatic nitrogens is 4. The highest BCUT2D eigenvalue weighted by atomic mass is 16.5. The molecule has 1 amide bonds. The Labute approximate surface area is 203 Å². The number of rotatable bonds is 4. The Balaban J connectivity index is 1.44. The highest BCUT2D eigenvalue weighted by Gasteiger charge is 2.39. The number of aliphatic hydroxyl groups is 1. The quantitative estimate of drug-likeness (QED) is 0.496. The predicted molar refractivity (Wildman–Crippen MR) is 132 cm³/mol. The van der Waals surface area contributed by atoms with Gasteiger partial charge in [-0.25, -0.2) is 9.97 Å². The molecule has 0 radical (unpaired) electrons. The van der Waals surface area contributed by atoms with Crippen LogP contribution in [0.2, 0.25) is 0 Å². The molecule has 3 aromatic heterocycles. The van der Waals surface area contributed by atoms with E-state index in [1.54, 1.807) is 39.4 Å². The van der Waals surface area contributed by atoms with E-state index >= 15 is 0 Å². The molecule has 2 aliphatic rings. The summed E-state index contributed by atoms with van der Waals surface area (Å²) in [4.78, 5) is 21.2. The number of fused-ring (bicyclic) bond motifs is 2. The lowest BCUT2D eigenvalue weighted by Gasteiger charge is -2.33. The molecule has 1 saturated carbocycles. The smallest absolute Gasteiger partial charge is 0.228 e. The molecule has 180 valence electrons. The van der Waals surface area contributed by atoms with Crippen molar-refractivity contribution in [3.05, 3.63) is 41.3 Å². The van der Waals surface area contributed by atoms with Crippen LogP contribution in [-0.4, -0.2) is 49.9 Å². The monoisotopic (exact) mass is 472 g/mol. The van der Waals surface area contributed by atoms with Gasteiger partial charge < -0.3 is 20.5 Å². The van der Waals surface area contributed by atoms with Crippen molar-refractivity contribution in [2.45, 2.75) is 51.7 Å². The fourth-order valence-electron chi connectivity index (χ4n) is 4.26. The number of nitrogens with zero attached hydrogens (tertiary/aromatic N) is 4. The van der Waals surface area contributed by atoms with Crippen molar-refractivity contribution in [3.63, 3.8) is 0 Å². The van der Waals surface area contributed by atoms with E-state index in [9.17, 15) is 9.90 Å². The Morgan fingerprint density at radius 2 is 2.00 bits per heavy atom. The van der Waals surface area contributed by atoms with Gasteiger partial charge in [0.25, 0.3) is 0 Å². The van der Waals surface area contributed by atoms with Gasteiger partial charge in [-0.15, -0.1) is 10.2 Å². The van der Waals surface area contributed by atoms with Gasteiger partial charge in [0, 0.05) is 24.5 Å². The zero-order chi connectivity index (χ0) is 24.7.